The van der Waals surface area contributed by atoms with Gasteiger partial charge in [-0.25, -0.2) is 4.98 Å². The van der Waals surface area contributed by atoms with E-state index in [4.69, 9.17) is 0 Å². The first-order chi connectivity index (χ1) is 8.01. The SMILES string of the molecule is COC(=O)CN(C)CC(=O)Nc1nc(C)cs1. The third kappa shape index (κ3) is 4.92. The summed E-state index contributed by atoms with van der Waals surface area (Å²) in [6.07, 6.45) is 0. The predicted molar refractivity (Wildman–Crippen MR) is 65.0 cm³/mol. The Morgan fingerprint density at radius 1 is 1.53 bits per heavy atom. The first kappa shape index (κ1) is 13.6. The van der Waals surface area contributed by atoms with Crippen LogP contribution in [0.3, 0.4) is 0 Å². The maximum atomic E-state index is 11.6. The van der Waals surface area contributed by atoms with Gasteiger partial charge in [-0.1, -0.05) is 0 Å². The highest BCUT2D eigenvalue weighted by molar-refractivity contribution is 7.13. The predicted octanol–water partition coefficient (Wildman–Crippen LogP) is 0.495. The van der Waals surface area contributed by atoms with Crippen molar-refractivity contribution in [1.82, 2.24) is 9.88 Å². The van der Waals surface area contributed by atoms with E-state index in [1.165, 1.54) is 18.4 Å². The molecule has 0 saturated carbocycles. The minimum atomic E-state index is -0.370. The maximum absolute atomic E-state index is 11.6. The smallest absolute Gasteiger partial charge is 0.319 e. The number of aromatic nitrogens is 1. The Hall–Kier alpha value is -1.47. The van der Waals surface area contributed by atoms with Gasteiger partial charge in [-0.2, -0.15) is 0 Å². The van der Waals surface area contributed by atoms with E-state index in [1.807, 2.05) is 12.3 Å². The molecule has 0 aliphatic carbocycles. The third-order valence-corrected chi connectivity index (χ3v) is 2.78. The van der Waals surface area contributed by atoms with E-state index in [0.29, 0.717) is 5.13 Å². The van der Waals surface area contributed by atoms with Crippen LogP contribution in [0.4, 0.5) is 5.13 Å². The number of aryl methyl sites for hydroxylation is 1. The van der Waals surface area contributed by atoms with Crippen LogP contribution < -0.4 is 5.32 Å². The van der Waals surface area contributed by atoms with Crippen LogP contribution in [0.2, 0.25) is 0 Å². The maximum Gasteiger partial charge on any atom is 0.319 e. The normalized spacial score (nSPS) is 10.4. The van der Waals surface area contributed by atoms with E-state index in [0.717, 1.165) is 5.69 Å². The number of likely N-dealkylation sites (N-methyl/N-ethyl adjacent to an activating group) is 1. The van der Waals surface area contributed by atoms with E-state index in [-0.39, 0.29) is 25.0 Å². The molecule has 0 saturated heterocycles. The zero-order valence-electron chi connectivity index (χ0n) is 10.0. The van der Waals surface area contributed by atoms with Gasteiger partial charge in [0.1, 0.15) is 0 Å². The number of rotatable bonds is 5. The first-order valence-corrected chi connectivity index (χ1v) is 5.86. The molecule has 0 unspecified atom stereocenters. The minimum absolute atomic E-state index is 0.0841. The summed E-state index contributed by atoms with van der Waals surface area (Å²) in [5.41, 5.74) is 0.869. The van der Waals surface area contributed by atoms with Crippen molar-refractivity contribution in [2.24, 2.45) is 0 Å². The van der Waals surface area contributed by atoms with Crippen LogP contribution in [-0.4, -0.2) is 49.0 Å². The second-order valence-electron chi connectivity index (χ2n) is 3.59. The molecule has 0 aromatic carbocycles. The summed E-state index contributed by atoms with van der Waals surface area (Å²) < 4.78 is 4.50. The minimum Gasteiger partial charge on any atom is -0.468 e. The van der Waals surface area contributed by atoms with Gasteiger partial charge in [0.2, 0.25) is 5.91 Å². The number of carbonyl (C=O) groups excluding carboxylic acids is 2. The van der Waals surface area contributed by atoms with Crippen LogP contribution in [0.5, 0.6) is 0 Å². The van der Waals surface area contributed by atoms with Crippen LogP contribution in [0.1, 0.15) is 5.69 Å². The van der Waals surface area contributed by atoms with Gasteiger partial charge in [-0.3, -0.25) is 14.5 Å². The van der Waals surface area contributed by atoms with E-state index >= 15 is 0 Å². The van der Waals surface area contributed by atoms with Crippen molar-refractivity contribution in [3.05, 3.63) is 11.1 Å². The second-order valence-corrected chi connectivity index (χ2v) is 4.45. The third-order valence-electron chi connectivity index (χ3n) is 1.91. The van der Waals surface area contributed by atoms with E-state index in [9.17, 15) is 9.59 Å². The number of esters is 1. The monoisotopic (exact) mass is 257 g/mol. The van der Waals surface area contributed by atoms with Gasteiger partial charge in [-0.05, 0) is 14.0 Å². The summed E-state index contributed by atoms with van der Waals surface area (Å²) >= 11 is 1.37. The quantitative estimate of drug-likeness (QED) is 0.777. The number of anilines is 1. The summed E-state index contributed by atoms with van der Waals surface area (Å²) in [5, 5.41) is 5.08. The number of nitrogens with zero attached hydrogens (tertiary/aromatic N) is 2. The van der Waals surface area contributed by atoms with Crippen molar-refractivity contribution in [2.75, 3.05) is 32.6 Å². The lowest BCUT2D eigenvalue weighted by Crippen LogP contribution is -2.34. The number of nitrogens with one attached hydrogen (secondary N) is 1. The molecule has 1 aromatic heterocycles. The van der Waals surface area contributed by atoms with Crippen molar-refractivity contribution in [2.45, 2.75) is 6.92 Å². The molecule has 0 atom stereocenters. The molecular weight excluding hydrogens is 242 g/mol. The van der Waals surface area contributed by atoms with Crippen molar-refractivity contribution >= 4 is 28.3 Å². The van der Waals surface area contributed by atoms with Crippen LogP contribution in [-0.2, 0) is 14.3 Å². The van der Waals surface area contributed by atoms with Crippen LogP contribution in [0.25, 0.3) is 0 Å². The topological polar surface area (TPSA) is 71.5 Å². The Bertz CT molecular complexity index is 405. The van der Waals surface area contributed by atoms with Crippen LogP contribution >= 0.6 is 11.3 Å². The van der Waals surface area contributed by atoms with Gasteiger partial charge >= 0.3 is 5.97 Å². The second kappa shape index (κ2) is 6.31. The number of hydrogen-bond donors (Lipinski definition) is 1. The van der Waals surface area contributed by atoms with Gasteiger partial charge in [0.15, 0.2) is 5.13 Å². The van der Waals surface area contributed by atoms with Crippen molar-refractivity contribution in [1.29, 1.82) is 0 Å². The molecule has 1 aromatic rings. The summed E-state index contributed by atoms with van der Waals surface area (Å²) in [7, 11) is 2.98. The van der Waals surface area contributed by atoms with Crippen LogP contribution in [0.15, 0.2) is 5.38 Å². The molecular formula is C10H15N3O3S. The summed E-state index contributed by atoms with van der Waals surface area (Å²) in [5.74, 6) is -0.573. The Balaban J connectivity index is 2.36. The average Bonchev–Trinajstić information content (AvgIpc) is 2.63. The lowest BCUT2D eigenvalue weighted by Gasteiger charge is -2.13. The molecule has 1 heterocycles. The van der Waals surface area contributed by atoms with Crippen molar-refractivity contribution < 1.29 is 14.3 Å². The Morgan fingerprint density at radius 2 is 2.24 bits per heavy atom. The highest BCUT2D eigenvalue weighted by Crippen LogP contribution is 2.13. The fourth-order valence-electron chi connectivity index (χ4n) is 1.16. The van der Waals surface area contributed by atoms with Crippen molar-refractivity contribution in [3.8, 4) is 0 Å². The number of hydrogen-bond acceptors (Lipinski definition) is 6. The fraction of sp³-hybridized carbons (Fsp3) is 0.500. The molecule has 7 heteroatoms. The number of ether oxygens (including phenoxy) is 1. The summed E-state index contributed by atoms with van der Waals surface area (Å²) in [4.78, 5) is 28.2. The molecule has 0 bridgehead atoms. The first-order valence-electron chi connectivity index (χ1n) is 4.98. The van der Waals surface area contributed by atoms with Gasteiger partial charge in [0.05, 0.1) is 25.9 Å². The molecule has 0 aliphatic rings. The number of methoxy groups -OCH3 is 1. The molecule has 1 amide bonds. The molecule has 1 N–H and O–H groups in total. The molecule has 0 radical (unpaired) electrons. The van der Waals surface area contributed by atoms with Gasteiger partial charge in [-0.15, -0.1) is 11.3 Å². The Labute approximate surface area is 104 Å². The van der Waals surface area contributed by atoms with E-state index in [1.54, 1.807) is 11.9 Å². The number of amides is 1. The van der Waals surface area contributed by atoms with E-state index in [2.05, 4.69) is 15.0 Å². The van der Waals surface area contributed by atoms with Gasteiger partial charge in [0, 0.05) is 5.38 Å². The van der Waals surface area contributed by atoms with Crippen LogP contribution in [0, 0.1) is 6.92 Å². The highest BCUT2D eigenvalue weighted by atomic mass is 32.1. The lowest BCUT2D eigenvalue weighted by molar-refractivity contribution is -0.141. The zero-order valence-corrected chi connectivity index (χ0v) is 10.8. The van der Waals surface area contributed by atoms with Crippen molar-refractivity contribution in [3.63, 3.8) is 0 Å². The molecule has 0 spiro atoms. The highest BCUT2D eigenvalue weighted by Gasteiger charge is 2.11. The van der Waals surface area contributed by atoms with E-state index < -0.39 is 0 Å². The molecule has 17 heavy (non-hydrogen) atoms. The largest absolute Gasteiger partial charge is 0.468 e. The standard InChI is InChI=1S/C10H15N3O3S/c1-7-6-17-10(11-7)12-8(14)4-13(2)5-9(15)16-3/h6H,4-5H2,1-3H3,(H,11,12,14). The summed E-state index contributed by atoms with van der Waals surface area (Å²) in [6, 6.07) is 0. The lowest BCUT2D eigenvalue weighted by atomic mass is 10.5. The molecule has 6 nitrogen and oxygen atoms in total. The van der Waals surface area contributed by atoms with Gasteiger partial charge in [0.25, 0.3) is 0 Å². The number of thiazole rings is 1. The molecule has 0 aliphatic heterocycles. The Morgan fingerprint density at radius 3 is 2.76 bits per heavy atom. The zero-order chi connectivity index (χ0) is 12.8. The van der Waals surface area contributed by atoms with Gasteiger partial charge < -0.3 is 10.1 Å². The summed E-state index contributed by atoms with van der Waals surface area (Å²) in [6.45, 7) is 2.06. The average molecular weight is 257 g/mol. The fourth-order valence-corrected chi connectivity index (χ4v) is 1.86. The Kier molecular flexibility index (Phi) is 5.05. The molecule has 0 fully saturated rings. The molecule has 94 valence electrons. The molecule has 1 rings (SSSR count). The number of carbonyl (C=O) groups is 2.